The first-order valence-electron chi connectivity index (χ1n) is 5.03. The molecule has 0 aliphatic carbocycles. The Kier molecular flexibility index (Phi) is 4.58. The maximum Gasteiger partial charge on any atom is 0.330 e. The maximum absolute atomic E-state index is 11.6. The molecule has 94 valence electrons. The molecule has 0 spiro atoms. The summed E-state index contributed by atoms with van der Waals surface area (Å²) in [5.74, 6) is -0.893. The van der Waals surface area contributed by atoms with E-state index in [2.05, 4.69) is 25.2 Å². The van der Waals surface area contributed by atoms with Crippen LogP contribution in [0.15, 0.2) is 0 Å². The zero-order valence-corrected chi connectivity index (χ0v) is 9.56. The van der Waals surface area contributed by atoms with E-state index in [9.17, 15) is 9.59 Å². The number of methoxy groups -OCH3 is 1. The Morgan fingerprint density at radius 3 is 2.76 bits per heavy atom. The van der Waals surface area contributed by atoms with E-state index in [0.29, 0.717) is 12.2 Å². The SMILES string of the molecule is CCc1nc(C(=O)NC(CO)C(=O)OC)n[nH]1. The lowest BCUT2D eigenvalue weighted by Gasteiger charge is -2.11. The molecule has 1 unspecified atom stereocenters. The zero-order chi connectivity index (χ0) is 12.8. The van der Waals surface area contributed by atoms with Gasteiger partial charge in [0, 0.05) is 6.42 Å². The highest BCUT2D eigenvalue weighted by Gasteiger charge is 2.23. The number of esters is 1. The molecule has 0 saturated carbocycles. The highest BCUT2D eigenvalue weighted by Crippen LogP contribution is 1.95. The fraction of sp³-hybridized carbons (Fsp3) is 0.556. The second-order valence-corrected chi connectivity index (χ2v) is 3.19. The zero-order valence-electron chi connectivity index (χ0n) is 9.56. The quantitative estimate of drug-likeness (QED) is 0.548. The molecule has 1 atom stereocenters. The van der Waals surface area contributed by atoms with Crippen molar-refractivity contribution in [3.63, 3.8) is 0 Å². The van der Waals surface area contributed by atoms with Gasteiger partial charge in [0.15, 0.2) is 6.04 Å². The second-order valence-electron chi connectivity index (χ2n) is 3.19. The van der Waals surface area contributed by atoms with E-state index in [1.807, 2.05) is 6.92 Å². The second kappa shape index (κ2) is 5.94. The van der Waals surface area contributed by atoms with Gasteiger partial charge in [0.2, 0.25) is 5.82 Å². The Balaban J connectivity index is 2.67. The molecule has 1 aromatic rings. The number of carbonyl (C=O) groups excluding carboxylic acids is 2. The van der Waals surface area contributed by atoms with Gasteiger partial charge in [-0.05, 0) is 0 Å². The van der Waals surface area contributed by atoms with Crippen LogP contribution >= 0.6 is 0 Å². The molecule has 0 fully saturated rings. The summed E-state index contributed by atoms with van der Waals surface area (Å²) >= 11 is 0. The van der Waals surface area contributed by atoms with Crippen LogP contribution in [0.25, 0.3) is 0 Å². The number of hydrogen-bond donors (Lipinski definition) is 3. The molecular weight excluding hydrogens is 228 g/mol. The minimum atomic E-state index is -1.11. The van der Waals surface area contributed by atoms with Crippen molar-refractivity contribution in [2.75, 3.05) is 13.7 Å². The molecule has 0 aliphatic rings. The monoisotopic (exact) mass is 242 g/mol. The number of aliphatic hydroxyl groups is 1. The van der Waals surface area contributed by atoms with Gasteiger partial charge in [-0.15, -0.1) is 5.10 Å². The van der Waals surface area contributed by atoms with Crippen molar-refractivity contribution in [2.24, 2.45) is 0 Å². The molecule has 0 aliphatic heterocycles. The third-order valence-corrected chi connectivity index (χ3v) is 2.04. The number of nitrogens with zero attached hydrogens (tertiary/aromatic N) is 2. The van der Waals surface area contributed by atoms with Crippen molar-refractivity contribution in [3.05, 3.63) is 11.6 Å². The Bertz CT molecular complexity index is 403. The van der Waals surface area contributed by atoms with E-state index >= 15 is 0 Å². The van der Waals surface area contributed by atoms with Crippen LogP contribution in [0.4, 0.5) is 0 Å². The highest BCUT2D eigenvalue weighted by atomic mass is 16.5. The number of amides is 1. The molecule has 0 radical (unpaired) electrons. The van der Waals surface area contributed by atoms with Crippen molar-refractivity contribution >= 4 is 11.9 Å². The smallest absolute Gasteiger partial charge is 0.330 e. The number of aryl methyl sites for hydroxylation is 1. The summed E-state index contributed by atoms with van der Waals surface area (Å²) in [4.78, 5) is 26.6. The molecule has 17 heavy (non-hydrogen) atoms. The van der Waals surface area contributed by atoms with Crippen LogP contribution in [0, 0.1) is 0 Å². The number of aliphatic hydroxyl groups excluding tert-OH is 1. The predicted octanol–water partition coefficient (Wildman–Crippen LogP) is -1.37. The van der Waals surface area contributed by atoms with Crippen LogP contribution in [0.3, 0.4) is 0 Å². The van der Waals surface area contributed by atoms with Crippen molar-refractivity contribution in [3.8, 4) is 0 Å². The predicted molar refractivity (Wildman–Crippen MR) is 56.1 cm³/mol. The molecule has 1 aromatic heterocycles. The number of H-pyrrole nitrogens is 1. The van der Waals surface area contributed by atoms with Gasteiger partial charge in [-0.2, -0.15) is 0 Å². The fourth-order valence-corrected chi connectivity index (χ4v) is 1.10. The average Bonchev–Trinajstić information content (AvgIpc) is 2.83. The van der Waals surface area contributed by atoms with Crippen molar-refractivity contribution in [2.45, 2.75) is 19.4 Å². The minimum absolute atomic E-state index is 0.0794. The van der Waals surface area contributed by atoms with Crippen LogP contribution < -0.4 is 5.32 Å². The van der Waals surface area contributed by atoms with Crippen molar-refractivity contribution < 1.29 is 19.4 Å². The van der Waals surface area contributed by atoms with Gasteiger partial charge in [-0.1, -0.05) is 6.92 Å². The van der Waals surface area contributed by atoms with Gasteiger partial charge < -0.3 is 15.2 Å². The Morgan fingerprint density at radius 1 is 1.59 bits per heavy atom. The lowest BCUT2D eigenvalue weighted by atomic mass is 10.3. The first-order chi connectivity index (χ1) is 8.12. The lowest BCUT2D eigenvalue weighted by molar-refractivity contribution is -0.143. The number of rotatable bonds is 5. The minimum Gasteiger partial charge on any atom is -0.467 e. The summed E-state index contributed by atoms with van der Waals surface area (Å²) in [5, 5.41) is 17.4. The maximum atomic E-state index is 11.6. The number of aromatic amines is 1. The molecule has 3 N–H and O–H groups in total. The number of aromatic nitrogens is 3. The number of hydrogen-bond acceptors (Lipinski definition) is 6. The summed E-state index contributed by atoms with van der Waals surface area (Å²) < 4.78 is 4.40. The molecule has 1 amide bonds. The molecule has 8 heteroatoms. The van der Waals surface area contributed by atoms with E-state index in [4.69, 9.17) is 5.11 Å². The summed E-state index contributed by atoms with van der Waals surface area (Å²) in [6.45, 7) is 1.30. The molecule has 0 bridgehead atoms. The largest absolute Gasteiger partial charge is 0.467 e. The summed E-state index contributed by atoms with van der Waals surface area (Å²) in [5.41, 5.74) is 0. The lowest BCUT2D eigenvalue weighted by Crippen LogP contribution is -2.44. The highest BCUT2D eigenvalue weighted by molar-refractivity contribution is 5.93. The number of carbonyl (C=O) groups is 2. The molecule has 8 nitrogen and oxygen atoms in total. The van der Waals surface area contributed by atoms with E-state index < -0.39 is 24.5 Å². The third kappa shape index (κ3) is 3.25. The summed E-state index contributed by atoms with van der Waals surface area (Å²) in [6.07, 6.45) is 0.612. The van der Waals surface area contributed by atoms with Crippen LogP contribution in [-0.4, -0.2) is 51.9 Å². The first kappa shape index (κ1) is 13.1. The molecule has 0 saturated heterocycles. The van der Waals surface area contributed by atoms with Crippen LogP contribution in [-0.2, 0) is 16.0 Å². The molecule has 0 aromatic carbocycles. The van der Waals surface area contributed by atoms with E-state index in [-0.39, 0.29) is 5.82 Å². The van der Waals surface area contributed by atoms with Crippen LogP contribution in [0.5, 0.6) is 0 Å². The Morgan fingerprint density at radius 2 is 2.29 bits per heavy atom. The summed E-state index contributed by atoms with van der Waals surface area (Å²) in [7, 11) is 1.17. The Labute approximate surface area is 97.4 Å². The van der Waals surface area contributed by atoms with E-state index in [0.717, 1.165) is 0 Å². The third-order valence-electron chi connectivity index (χ3n) is 2.04. The van der Waals surface area contributed by atoms with E-state index in [1.165, 1.54) is 7.11 Å². The van der Waals surface area contributed by atoms with Gasteiger partial charge in [-0.25, -0.2) is 9.78 Å². The number of nitrogens with one attached hydrogen (secondary N) is 2. The van der Waals surface area contributed by atoms with Gasteiger partial charge in [0.1, 0.15) is 5.82 Å². The molecule has 1 rings (SSSR count). The molecular formula is C9H14N4O4. The first-order valence-corrected chi connectivity index (χ1v) is 5.03. The Hall–Kier alpha value is -1.96. The van der Waals surface area contributed by atoms with Gasteiger partial charge in [-0.3, -0.25) is 9.89 Å². The van der Waals surface area contributed by atoms with E-state index in [1.54, 1.807) is 0 Å². The normalized spacial score (nSPS) is 11.9. The van der Waals surface area contributed by atoms with Gasteiger partial charge in [0.05, 0.1) is 13.7 Å². The van der Waals surface area contributed by atoms with Gasteiger partial charge in [0.25, 0.3) is 5.91 Å². The van der Waals surface area contributed by atoms with Crippen LogP contribution in [0.1, 0.15) is 23.4 Å². The van der Waals surface area contributed by atoms with Crippen molar-refractivity contribution in [1.82, 2.24) is 20.5 Å². The standard InChI is InChI=1S/C9H14N4O4/c1-3-6-11-7(13-12-6)8(15)10-5(4-14)9(16)17-2/h5,14H,3-4H2,1-2H3,(H,10,15)(H,11,12,13). The fourth-order valence-electron chi connectivity index (χ4n) is 1.10. The molecule has 1 heterocycles. The van der Waals surface area contributed by atoms with Gasteiger partial charge >= 0.3 is 5.97 Å². The average molecular weight is 242 g/mol. The van der Waals surface area contributed by atoms with Crippen molar-refractivity contribution in [1.29, 1.82) is 0 Å². The topological polar surface area (TPSA) is 117 Å². The van der Waals surface area contributed by atoms with Crippen LogP contribution in [0.2, 0.25) is 0 Å². The summed E-state index contributed by atoms with van der Waals surface area (Å²) in [6, 6.07) is -1.11. The number of ether oxygens (including phenoxy) is 1.